The van der Waals surface area contributed by atoms with Gasteiger partial charge in [-0.1, -0.05) is 13.0 Å². The summed E-state index contributed by atoms with van der Waals surface area (Å²) < 4.78 is 28.1. The number of piperidine rings is 1. The molecule has 0 aromatic heterocycles. The van der Waals surface area contributed by atoms with Gasteiger partial charge in [0, 0.05) is 17.6 Å². The van der Waals surface area contributed by atoms with Crippen molar-refractivity contribution in [3.8, 4) is 0 Å². The molecule has 112 valence electrons. The van der Waals surface area contributed by atoms with Crippen LogP contribution in [0.15, 0.2) is 27.6 Å². The predicted molar refractivity (Wildman–Crippen MR) is 84.3 cm³/mol. The van der Waals surface area contributed by atoms with Crippen molar-refractivity contribution in [2.24, 2.45) is 5.41 Å². The fraction of sp³-hybridized carbons (Fsp3) is 0.571. The first-order chi connectivity index (χ1) is 9.32. The summed E-state index contributed by atoms with van der Waals surface area (Å²) in [6.07, 6.45) is 2.13. The molecule has 2 rings (SSSR count). The molecule has 1 unspecified atom stereocenters. The highest BCUT2D eigenvalue weighted by Crippen LogP contribution is 2.27. The van der Waals surface area contributed by atoms with E-state index in [-0.39, 0.29) is 5.41 Å². The van der Waals surface area contributed by atoms with Gasteiger partial charge in [0.15, 0.2) is 0 Å². The molecule has 20 heavy (non-hydrogen) atoms. The lowest BCUT2D eigenvalue weighted by Crippen LogP contribution is -2.45. The zero-order chi connectivity index (χ0) is 14.8. The van der Waals surface area contributed by atoms with E-state index in [1.54, 1.807) is 6.07 Å². The van der Waals surface area contributed by atoms with Gasteiger partial charge in [-0.15, -0.1) is 0 Å². The summed E-state index contributed by atoms with van der Waals surface area (Å²) in [4.78, 5) is 0.301. The first-order valence-electron chi connectivity index (χ1n) is 6.79. The summed E-state index contributed by atoms with van der Waals surface area (Å²) in [6.45, 7) is 6.38. The van der Waals surface area contributed by atoms with Crippen LogP contribution in [0.5, 0.6) is 0 Å². The second kappa shape index (κ2) is 6.13. The van der Waals surface area contributed by atoms with Crippen molar-refractivity contribution >= 4 is 26.0 Å². The predicted octanol–water partition coefficient (Wildman–Crippen LogP) is 2.43. The Bertz CT molecular complexity index is 581. The minimum absolute atomic E-state index is 0.0114. The normalized spacial score (nSPS) is 23.8. The molecule has 0 spiro atoms. The van der Waals surface area contributed by atoms with Crippen LogP contribution in [-0.4, -0.2) is 28.1 Å². The second-order valence-corrected chi connectivity index (χ2v) is 8.44. The Morgan fingerprint density at radius 1 is 1.45 bits per heavy atom. The number of hydrogen-bond donors (Lipinski definition) is 2. The van der Waals surface area contributed by atoms with Gasteiger partial charge in [0.1, 0.15) is 0 Å². The fourth-order valence-electron chi connectivity index (χ4n) is 2.44. The Hall–Kier alpha value is -0.430. The van der Waals surface area contributed by atoms with Gasteiger partial charge in [-0.2, -0.15) is 0 Å². The van der Waals surface area contributed by atoms with Gasteiger partial charge in [0.05, 0.1) is 4.90 Å². The molecule has 1 atom stereocenters. The lowest BCUT2D eigenvalue weighted by Gasteiger charge is -2.34. The van der Waals surface area contributed by atoms with Gasteiger partial charge >= 0.3 is 0 Å². The molecule has 1 heterocycles. The van der Waals surface area contributed by atoms with E-state index in [0.717, 1.165) is 31.5 Å². The summed E-state index contributed by atoms with van der Waals surface area (Å²) in [5.41, 5.74) is 1.02. The molecule has 1 aromatic carbocycles. The van der Waals surface area contributed by atoms with E-state index in [0.29, 0.717) is 15.9 Å². The number of hydrogen-bond acceptors (Lipinski definition) is 3. The summed E-state index contributed by atoms with van der Waals surface area (Å²) in [5, 5.41) is 3.33. The lowest BCUT2D eigenvalue weighted by molar-refractivity contribution is 0.238. The maximum Gasteiger partial charge on any atom is 0.241 e. The molecule has 1 aromatic rings. The van der Waals surface area contributed by atoms with Crippen molar-refractivity contribution < 1.29 is 8.42 Å². The van der Waals surface area contributed by atoms with E-state index in [2.05, 4.69) is 32.9 Å². The Morgan fingerprint density at radius 3 is 2.80 bits per heavy atom. The molecule has 2 N–H and O–H groups in total. The highest BCUT2D eigenvalue weighted by Gasteiger charge is 2.29. The molecule has 0 aliphatic carbocycles. The van der Waals surface area contributed by atoms with Crippen molar-refractivity contribution in [2.75, 3.05) is 19.6 Å². The summed E-state index contributed by atoms with van der Waals surface area (Å²) >= 11 is 3.33. The van der Waals surface area contributed by atoms with E-state index >= 15 is 0 Å². The molecule has 1 fully saturated rings. The quantitative estimate of drug-likeness (QED) is 0.866. The van der Waals surface area contributed by atoms with Gasteiger partial charge in [0.2, 0.25) is 10.0 Å². The van der Waals surface area contributed by atoms with E-state index in [1.165, 1.54) is 0 Å². The minimum Gasteiger partial charge on any atom is -0.316 e. The molecule has 1 saturated heterocycles. The number of sulfonamides is 1. The summed E-state index contributed by atoms with van der Waals surface area (Å²) in [7, 11) is -3.47. The van der Waals surface area contributed by atoms with Crippen LogP contribution in [0.2, 0.25) is 0 Å². The SMILES string of the molecule is Cc1ccc(S(=O)(=O)NCC2(C)CCCNC2)c(Br)c1. The van der Waals surface area contributed by atoms with Crippen LogP contribution in [0, 0.1) is 12.3 Å². The second-order valence-electron chi connectivity index (χ2n) is 5.85. The van der Waals surface area contributed by atoms with Crippen molar-refractivity contribution in [1.29, 1.82) is 0 Å². The van der Waals surface area contributed by atoms with Crippen molar-refractivity contribution in [1.82, 2.24) is 10.0 Å². The van der Waals surface area contributed by atoms with Crippen LogP contribution >= 0.6 is 15.9 Å². The lowest BCUT2D eigenvalue weighted by atomic mass is 9.83. The number of rotatable bonds is 4. The molecule has 0 amide bonds. The van der Waals surface area contributed by atoms with Crippen molar-refractivity contribution in [3.05, 3.63) is 28.2 Å². The van der Waals surface area contributed by atoms with E-state index < -0.39 is 10.0 Å². The minimum atomic E-state index is -3.47. The van der Waals surface area contributed by atoms with Crippen LogP contribution in [-0.2, 0) is 10.0 Å². The Balaban J connectivity index is 2.11. The van der Waals surface area contributed by atoms with Crippen LogP contribution in [0.3, 0.4) is 0 Å². The third kappa shape index (κ3) is 3.81. The monoisotopic (exact) mass is 360 g/mol. The molecule has 0 radical (unpaired) electrons. The Morgan fingerprint density at radius 2 is 2.20 bits per heavy atom. The molecule has 0 saturated carbocycles. The molecule has 1 aliphatic rings. The number of benzene rings is 1. The average molecular weight is 361 g/mol. The van der Waals surface area contributed by atoms with Gasteiger partial charge in [-0.25, -0.2) is 13.1 Å². The number of halogens is 1. The number of nitrogens with one attached hydrogen (secondary N) is 2. The molecule has 1 aliphatic heterocycles. The van der Waals surface area contributed by atoms with Crippen LogP contribution in [0.25, 0.3) is 0 Å². The molecule has 0 bridgehead atoms. The molecular weight excluding hydrogens is 340 g/mol. The maximum atomic E-state index is 12.4. The maximum absolute atomic E-state index is 12.4. The van der Waals surface area contributed by atoms with Gasteiger partial charge < -0.3 is 5.32 Å². The molecule has 6 heteroatoms. The third-order valence-electron chi connectivity index (χ3n) is 3.75. The zero-order valence-corrected chi connectivity index (χ0v) is 14.3. The molecule has 4 nitrogen and oxygen atoms in total. The van der Waals surface area contributed by atoms with Crippen LogP contribution < -0.4 is 10.0 Å². The third-order valence-corrected chi connectivity index (χ3v) is 6.13. The van der Waals surface area contributed by atoms with Gasteiger partial charge in [-0.05, 0) is 65.4 Å². The van der Waals surface area contributed by atoms with Crippen LogP contribution in [0.4, 0.5) is 0 Å². The van der Waals surface area contributed by atoms with Gasteiger partial charge in [-0.3, -0.25) is 0 Å². The highest BCUT2D eigenvalue weighted by molar-refractivity contribution is 9.10. The number of aryl methyl sites for hydroxylation is 1. The van der Waals surface area contributed by atoms with E-state index in [1.807, 2.05) is 19.1 Å². The van der Waals surface area contributed by atoms with Gasteiger partial charge in [0.25, 0.3) is 0 Å². The first kappa shape index (κ1) is 15.9. The highest BCUT2D eigenvalue weighted by atomic mass is 79.9. The average Bonchev–Trinajstić information content (AvgIpc) is 2.37. The first-order valence-corrected chi connectivity index (χ1v) is 9.07. The topological polar surface area (TPSA) is 58.2 Å². The fourth-order valence-corrected chi connectivity index (χ4v) is 4.83. The summed E-state index contributed by atoms with van der Waals surface area (Å²) in [6, 6.07) is 5.27. The van der Waals surface area contributed by atoms with E-state index in [9.17, 15) is 8.42 Å². The summed E-state index contributed by atoms with van der Waals surface area (Å²) in [5.74, 6) is 0. The van der Waals surface area contributed by atoms with Crippen molar-refractivity contribution in [3.63, 3.8) is 0 Å². The largest absolute Gasteiger partial charge is 0.316 e. The van der Waals surface area contributed by atoms with E-state index in [4.69, 9.17) is 0 Å². The van der Waals surface area contributed by atoms with Crippen molar-refractivity contribution in [2.45, 2.75) is 31.6 Å². The zero-order valence-electron chi connectivity index (χ0n) is 11.9. The standard InChI is InChI=1S/C14H21BrN2O2S/c1-11-4-5-13(12(15)8-11)20(18,19)17-10-14(2)6-3-7-16-9-14/h4-5,8,16-17H,3,6-7,9-10H2,1-2H3. The smallest absolute Gasteiger partial charge is 0.241 e. The molecular formula is C14H21BrN2O2S. The Labute approximate surface area is 129 Å². The Kier molecular flexibility index (Phi) is 4.89. The van der Waals surface area contributed by atoms with Crippen LogP contribution in [0.1, 0.15) is 25.3 Å².